The van der Waals surface area contributed by atoms with Gasteiger partial charge in [0.2, 0.25) is 0 Å². The summed E-state index contributed by atoms with van der Waals surface area (Å²) in [4.78, 5) is 38.2. The second-order valence-corrected chi connectivity index (χ2v) is 23.8. The average molecular weight is 1140 g/mol. The Bertz CT molecular complexity index is 1550. The summed E-state index contributed by atoms with van der Waals surface area (Å²) in [6, 6.07) is 0. The molecule has 1 unspecified atom stereocenters. The average Bonchev–Trinajstić information content (AvgIpc) is 3.47. The van der Waals surface area contributed by atoms with Crippen molar-refractivity contribution in [3.8, 4) is 0 Å². The van der Waals surface area contributed by atoms with Gasteiger partial charge in [0, 0.05) is 19.3 Å². The second kappa shape index (κ2) is 70.1. The minimum atomic E-state index is -0.774. The standard InChI is InChI=1S/C76H134O6/c1-4-7-10-13-16-19-21-23-25-27-29-31-32-33-34-35-36-37-38-39-40-41-42-43-44-46-47-49-51-53-55-57-60-63-66-69-75(78)81-72-73(71-80-74(77)68-65-62-59-18-15-12-9-6-3)82-76(79)70-67-64-61-58-56-54-52-50-48-45-30-28-26-24-22-20-17-14-11-8-5-2/h7,10,16,19,22-25,28-31,33-34,73H,4-6,8-9,11-15,17-18,20-21,26-27,32,35-72H2,1-3H3/b10-7-,19-16-,24-22-,25-23-,30-28-,31-29-,34-33-. The highest BCUT2D eigenvalue weighted by molar-refractivity contribution is 5.71. The minimum absolute atomic E-state index is 0.0726. The van der Waals surface area contributed by atoms with Gasteiger partial charge in [-0.1, -0.05) is 331 Å². The summed E-state index contributed by atoms with van der Waals surface area (Å²) < 4.78 is 16.9. The van der Waals surface area contributed by atoms with E-state index in [4.69, 9.17) is 14.2 Å². The van der Waals surface area contributed by atoms with E-state index >= 15 is 0 Å². The summed E-state index contributed by atoms with van der Waals surface area (Å²) in [7, 11) is 0. The van der Waals surface area contributed by atoms with Crippen LogP contribution in [0.5, 0.6) is 0 Å². The number of rotatable bonds is 65. The number of allylic oxidation sites excluding steroid dienone is 14. The van der Waals surface area contributed by atoms with Crippen molar-refractivity contribution >= 4 is 17.9 Å². The Morgan fingerprint density at radius 1 is 0.256 bits per heavy atom. The molecule has 0 rings (SSSR count). The van der Waals surface area contributed by atoms with Gasteiger partial charge in [0.1, 0.15) is 13.2 Å². The molecule has 0 amide bonds. The number of ether oxygens (including phenoxy) is 3. The molecule has 0 saturated heterocycles. The Kier molecular flexibility index (Phi) is 67.2. The third-order valence-electron chi connectivity index (χ3n) is 15.6. The van der Waals surface area contributed by atoms with E-state index in [0.717, 1.165) is 96.3 Å². The molecule has 82 heavy (non-hydrogen) atoms. The fraction of sp³-hybridized carbons (Fsp3) is 0.776. The molecule has 0 N–H and O–H groups in total. The first-order chi connectivity index (χ1) is 40.5. The molecule has 0 heterocycles. The van der Waals surface area contributed by atoms with E-state index in [2.05, 4.69) is 106 Å². The van der Waals surface area contributed by atoms with Crippen LogP contribution < -0.4 is 0 Å². The Morgan fingerprint density at radius 2 is 0.476 bits per heavy atom. The van der Waals surface area contributed by atoms with Gasteiger partial charge in [-0.15, -0.1) is 0 Å². The number of hydrogen-bond donors (Lipinski definition) is 0. The summed E-state index contributed by atoms with van der Waals surface area (Å²) in [5.41, 5.74) is 0. The Balaban J connectivity index is 4.03. The first-order valence-corrected chi connectivity index (χ1v) is 35.6. The molecule has 0 aliphatic rings. The van der Waals surface area contributed by atoms with Crippen molar-refractivity contribution in [1.82, 2.24) is 0 Å². The predicted octanol–water partition coefficient (Wildman–Crippen LogP) is 24.6. The summed E-state index contributed by atoms with van der Waals surface area (Å²) in [6.45, 7) is 6.53. The lowest BCUT2D eigenvalue weighted by atomic mass is 10.0. The van der Waals surface area contributed by atoms with Crippen LogP contribution in [0.3, 0.4) is 0 Å². The third-order valence-corrected chi connectivity index (χ3v) is 15.6. The molecule has 0 spiro atoms. The second-order valence-electron chi connectivity index (χ2n) is 23.8. The van der Waals surface area contributed by atoms with Crippen LogP contribution in [0, 0.1) is 0 Å². The van der Waals surface area contributed by atoms with Gasteiger partial charge in [-0.05, 0) is 96.3 Å². The van der Waals surface area contributed by atoms with Crippen molar-refractivity contribution in [2.45, 2.75) is 367 Å². The van der Waals surface area contributed by atoms with Gasteiger partial charge in [0.15, 0.2) is 6.10 Å². The van der Waals surface area contributed by atoms with Crippen molar-refractivity contribution in [3.05, 3.63) is 85.1 Å². The quantitative estimate of drug-likeness (QED) is 0.0261. The van der Waals surface area contributed by atoms with Gasteiger partial charge < -0.3 is 14.2 Å². The Morgan fingerprint density at radius 3 is 0.744 bits per heavy atom. The molecule has 6 heteroatoms. The third kappa shape index (κ3) is 67.4. The van der Waals surface area contributed by atoms with Crippen LogP contribution >= 0.6 is 0 Å². The van der Waals surface area contributed by atoms with E-state index in [-0.39, 0.29) is 31.1 Å². The van der Waals surface area contributed by atoms with Crippen molar-refractivity contribution in [2.75, 3.05) is 13.2 Å². The van der Waals surface area contributed by atoms with Crippen LogP contribution in [-0.4, -0.2) is 37.2 Å². The largest absolute Gasteiger partial charge is 0.462 e. The van der Waals surface area contributed by atoms with E-state index in [9.17, 15) is 14.4 Å². The van der Waals surface area contributed by atoms with Gasteiger partial charge in [0.05, 0.1) is 0 Å². The molecule has 6 nitrogen and oxygen atoms in total. The zero-order chi connectivity index (χ0) is 59.2. The Hall–Kier alpha value is -3.41. The molecule has 0 aromatic carbocycles. The zero-order valence-corrected chi connectivity index (χ0v) is 54.5. The molecule has 0 aromatic heterocycles. The summed E-state index contributed by atoms with van der Waals surface area (Å²) in [5.74, 6) is -0.862. The maximum Gasteiger partial charge on any atom is 0.306 e. The lowest BCUT2D eigenvalue weighted by molar-refractivity contribution is -0.167. The number of carbonyl (C=O) groups is 3. The van der Waals surface area contributed by atoms with E-state index in [1.165, 1.54) is 225 Å². The number of hydrogen-bond acceptors (Lipinski definition) is 6. The van der Waals surface area contributed by atoms with E-state index in [0.29, 0.717) is 19.3 Å². The Labute approximate surface area is 509 Å². The van der Waals surface area contributed by atoms with Gasteiger partial charge in [0.25, 0.3) is 0 Å². The highest BCUT2D eigenvalue weighted by Gasteiger charge is 2.19. The molecule has 0 fully saturated rings. The van der Waals surface area contributed by atoms with E-state index < -0.39 is 6.10 Å². The zero-order valence-electron chi connectivity index (χ0n) is 54.5. The van der Waals surface area contributed by atoms with Gasteiger partial charge in [-0.2, -0.15) is 0 Å². The van der Waals surface area contributed by atoms with Crippen LogP contribution in [-0.2, 0) is 28.6 Å². The number of unbranched alkanes of at least 4 members (excludes halogenated alkanes) is 40. The van der Waals surface area contributed by atoms with Crippen LogP contribution in [0.2, 0.25) is 0 Å². The first kappa shape index (κ1) is 78.6. The van der Waals surface area contributed by atoms with Crippen molar-refractivity contribution in [2.24, 2.45) is 0 Å². The van der Waals surface area contributed by atoms with Crippen LogP contribution in [0.15, 0.2) is 85.1 Å². The van der Waals surface area contributed by atoms with Crippen LogP contribution in [0.25, 0.3) is 0 Å². The topological polar surface area (TPSA) is 78.9 Å². The van der Waals surface area contributed by atoms with Crippen molar-refractivity contribution < 1.29 is 28.6 Å². The van der Waals surface area contributed by atoms with E-state index in [1.54, 1.807) is 0 Å². The molecule has 0 aliphatic carbocycles. The summed E-state index contributed by atoms with van der Waals surface area (Å²) >= 11 is 0. The smallest absolute Gasteiger partial charge is 0.306 e. The molecule has 0 saturated carbocycles. The fourth-order valence-electron chi connectivity index (χ4n) is 10.3. The molecule has 0 radical (unpaired) electrons. The highest BCUT2D eigenvalue weighted by Crippen LogP contribution is 2.18. The highest BCUT2D eigenvalue weighted by atomic mass is 16.6. The van der Waals surface area contributed by atoms with Gasteiger partial charge in [-0.3, -0.25) is 14.4 Å². The fourth-order valence-corrected chi connectivity index (χ4v) is 10.3. The van der Waals surface area contributed by atoms with E-state index in [1.807, 2.05) is 0 Å². The predicted molar refractivity (Wildman–Crippen MR) is 358 cm³/mol. The molecular formula is C76H134O6. The van der Waals surface area contributed by atoms with Crippen molar-refractivity contribution in [1.29, 1.82) is 0 Å². The molecular weight excluding hydrogens is 1010 g/mol. The monoisotopic (exact) mass is 1140 g/mol. The van der Waals surface area contributed by atoms with Crippen LogP contribution in [0.4, 0.5) is 0 Å². The minimum Gasteiger partial charge on any atom is -0.462 e. The summed E-state index contributed by atoms with van der Waals surface area (Å²) in [6.07, 6.45) is 93.5. The molecule has 0 aliphatic heterocycles. The number of esters is 3. The summed E-state index contributed by atoms with van der Waals surface area (Å²) in [5, 5.41) is 0. The van der Waals surface area contributed by atoms with Crippen molar-refractivity contribution in [3.63, 3.8) is 0 Å². The maximum atomic E-state index is 12.9. The first-order valence-electron chi connectivity index (χ1n) is 35.6. The normalized spacial score (nSPS) is 12.6. The maximum absolute atomic E-state index is 12.9. The number of carbonyl (C=O) groups excluding carboxylic acids is 3. The van der Waals surface area contributed by atoms with Gasteiger partial charge in [-0.25, -0.2) is 0 Å². The molecule has 0 aromatic rings. The molecule has 474 valence electrons. The molecule has 0 bridgehead atoms. The molecule has 1 atom stereocenters. The van der Waals surface area contributed by atoms with Crippen LogP contribution in [0.1, 0.15) is 361 Å². The lowest BCUT2D eigenvalue weighted by Gasteiger charge is -2.18. The SMILES string of the molecule is CC/C=C\C/C=C\C/C=C\C/C=C\C/C=C\CCCCCCCCCCCCCCCCCCCCCC(=O)OCC(COC(=O)CCCCCCCCCC)OC(=O)CCCCCCCCCCC/C=C\C/C=C\CCCCCCC. The lowest BCUT2D eigenvalue weighted by Crippen LogP contribution is -2.30. The van der Waals surface area contributed by atoms with Gasteiger partial charge >= 0.3 is 17.9 Å².